The van der Waals surface area contributed by atoms with Crippen LogP contribution in [0, 0.1) is 11.6 Å². The van der Waals surface area contributed by atoms with E-state index in [-0.39, 0.29) is 11.9 Å². The lowest BCUT2D eigenvalue weighted by atomic mass is 9.88. The number of nitrogens with zero attached hydrogens (tertiary/aromatic N) is 2. The third-order valence-corrected chi connectivity index (χ3v) is 5.98. The van der Waals surface area contributed by atoms with Crippen LogP contribution in [-0.4, -0.2) is 21.7 Å². The first-order valence-corrected chi connectivity index (χ1v) is 10.0. The molecule has 0 spiro atoms. The molecule has 29 heavy (non-hydrogen) atoms. The predicted octanol–water partition coefficient (Wildman–Crippen LogP) is 3.93. The molecule has 6 heteroatoms. The fourth-order valence-electron chi connectivity index (χ4n) is 4.52. The van der Waals surface area contributed by atoms with Gasteiger partial charge in [0.25, 0.3) is 5.91 Å². The lowest BCUT2D eigenvalue weighted by Gasteiger charge is -2.25. The van der Waals surface area contributed by atoms with Crippen LogP contribution in [0.4, 0.5) is 8.78 Å². The molecule has 5 rings (SSSR count). The lowest BCUT2D eigenvalue weighted by Crippen LogP contribution is -2.39. The largest absolute Gasteiger partial charge is 0.348 e. The molecule has 2 aliphatic rings. The summed E-state index contributed by atoms with van der Waals surface area (Å²) in [5.41, 5.74) is 5.30. The van der Waals surface area contributed by atoms with Crippen molar-refractivity contribution in [3.8, 4) is 5.69 Å². The Hall–Kier alpha value is -3.02. The van der Waals surface area contributed by atoms with Gasteiger partial charge in [0.05, 0.1) is 5.69 Å². The molecule has 1 N–H and O–H groups in total. The van der Waals surface area contributed by atoms with Crippen LogP contribution in [-0.2, 0) is 25.7 Å². The van der Waals surface area contributed by atoms with Crippen LogP contribution in [0.25, 0.3) is 5.69 Å². The lowest BCUT2D eigenvalue weighted by molar-refractivity contribution is 0.0927. The molecule has 1 atom stereocenters. The molecule has 0 aliphatic heterocycles. The zero-order valence-electron chi connectivity index (χ0n) is 15.9. The highest BCUT2D eigenvalue weighted by Gasteiger charge is 2.29. The first kappa shape index (κ1) is 18.0. The molecule has 1 aromatic heterocycles. The summed E-state index contributed by atoms with van der Waals surface area (Å²) < 4.78 is 28.6. The summed E-state index contributed by atoms with van der Waals surface area (Å²) >= 11 is 0. The summed E-state index contributed by atoms with van der Waals surface area (Å²) in [6, 6.07) is 12.1. The van der Waals surface area contributed by atoms with E-state index in [0.29, 0.717) is 11.4 Å². The minimum Gasteiger partial charge on any atom is -0.348 e. The molecule has 1 heterocycles. The van der Waals surface area contributed by atoms with E-state index in [4.69, 9.17) is 0 Å². The molecule has 4 nitrogen and oxygen atoms in total. The maximum atomic E-state index is 13.7. The number of hydrogen-bond donors (Lipinski definition) is 1. The quantitative estimate of drug-likeness (QED) is 0.733. The molecule has 0 saturated heterocycles. The van der Waals surface area contributed by atoms with Crippen LogP contribution in [0.5, 0.6) is 0 Å². The number of benzene rings is 2. The molecule has 0 radical (unpaired) electrons. The van der Waals surface area contributed by atoms with E-state index in [9.17, 15) is 13.6 Å². The van der Waals surface area contributed by atoms with Crippen molar-refractivity contribution in [1.82, 2.24) is 15.1 Å². The molecule has 0 saturated carbocycles. The highest BCUT2D eigenvalue weighted by atomic mass is 19.2. The standard InChI is InChI=1S/C23H21F2N3O/c24-19-11-10-17(13-20(19)25)28-21-7-3-6-18(21)22(27-28)23(29)26-16-9-8-14-4-1-2-5-15(14)12-16/h1-2,4-5,10-11,13,16H,3,6-9,12H2,(H,26,29). The van der Waals surface area contributed by atoms with Gasteiger partial charge in [-0.2, -0.15) is 5.10 Å². The molecule has 2 aromatic carbocycles. The van der Waals surface area contributed by atoms with Gasteiger partial charge in [-0.15, -0.1) is 0 Å². The number of carbonyl (C=O) groups is 1. The number of aryl methyl sites for hydroxylation is 1. The number of aromatic nitrogens is 2. The number of nitrogens with one attached hydrogen (secondary N) is 1. The minimum absolute atomic E-state index is 0.0721. The molecule has 3 aromatic rings. The third kappa shape index (κ3) is 3.22. The maximum absolute atomic E-state index is 13.7. The molecule has 1 unspecified atom stereocenters. The fourth-order valence-corrected chi connectivity index (χ4v) is 4.52. The van der Waals surface area contributed by atoms with E-state index in [1.807, 2.05) is 12.1 Å². The first-order valence-electron chi connectivity index (χ1n) is 10.0. The second kappa shape index (κ2) is 7.10. The van der Waals surface area contributed by atoms with Crippen molar-refractivity contribution in [1.29, 1.82) is 0 Å². The Balaban J connectivity index is 1.41. The molecule has 2 aliphatic carbocycles. The van der Waals surface area contributed by atoms with Crippen molar-refractivity contribution >= 4 is 5.91 Å². The van der Waals surface area contributed by atoms with Gasteiger partial charge in [0.1, 0.15) is 0 Å². The van der Waals surface area contributed by atoms with E-state index in [1.54, 1.807) is 4.68 Å². The topological polar surface area (TPSA) is 46.9 Å². The van der Waals surface area contributed by atoms with Gasteiger partial charge in [0, 0.05) is 23.4 Å². The predicted molar refractivity (Wildman–Crippen MR) is 105 cm³/mol. The van der Waals surface area contributed by atoms with Crippen molar-refractivity contribution in [2.45, 2.75) is 44.6 Å². The van der Waals surface area contributed by atoms with E-state index in [0.717, 1.165) is 61.9 Å². The molecule has 0 bridgehead atoms. The van der Waals surface area contributed by atoms with Crippen molar-refractivity contribution in [2.75, 3.05) is 0 Å². The number of rotatable bonds is 3. The average molecular weight is 393 g/mol. The van der Waals surface area contributed by atoms with Crippen LogP contribution < -0.4 is 5.32 Å². The SMILES string of the molecule is O=C(NC1CCc2ccccc2C1)c1nn(-c2ccc(F)c(F)c2)c2c1CCC2. The zero-order valence-corrected chi connectivity index (χ0v) is 15.9. The van der Waals surface area contributed by atoms with Crippen LogP contribution in [0.2, 0.25) is 0 Å². The van der Waals surface area contributed by atoms with Gasteiger partial charge in [0.15, 0.2) is 17.3 Å². The van der Waals surface area contributed by atoms with Gasteiger partial charge in [-0.3, -0.25) is 4.79 Å². The normalized spacial score (nSPS) is 17.7. The average Bonchev–Trinajstić information content (AvgIpc) is 3.33. The van der Waals surface area contributed by atoms with Crippen LogP contribution in [0.15, 0.2) is 42.5 Å². The van der Waals surface area contributed by atoms with Crippen molar-refractivity contribution in [3.63, 3.8) is 0 Å². The summed E-state index contributed by atoms with van der Waals surface area (Å²) in [6.07, 6.45) is 5.12. The van der Waals surface area contributed by atoms with E-state index in [2.05, 4.69) is 22.5 Å². The summed E-state index contributed by atoms with van der Waals surface area (Å²) in [5, 5.41) is 7.64. The van der Waals surface area contributed by atoms with E-state index < -0.39 is 11.6 Å². The van der Waals surface area contributed by atoms with Crippen LogP contribution >= 0.6 is 0 Å². The van der Waals surface area contributed by atoms with E-state index in [1.165, 1.54) is 17.2 Å². The Morgan fingerprint density at radius 1 is 1.03 bits per heavy atom. The summed E-state index contributed by atoms with van der Waals surface area (Å²) in [6.45, 7) is 0. The first-order chi connectivity index (χ1) is 14.1. The van der Waals surface area contributed by atoms with Crippen molar-refractivity contribution in [2.24, 2.45) is 0 Å². The molecule has 148 valence electrons. The van der Waals surface area contributed by atoms with Crippen LogP contribution in [0.1, 0.15) is 45.7 Å². The number of carbonyl (C=O) groups excluding carboxylic acids is 1. The number of amides is 1. The Morgan fingerprint density at radius 3 is 2.69 bits per heavy atom. The van der Waals surface area contributed by atoms with Gasteiger partial charge in [-0.1, -0.05) is 24.3 Å². The van der Waals surface area contributed by atoms with Crippen LogP contribution in [0.3, 0.4) is 0 Å². The molecular weight excluding hydrogens is 372 g/mol. The summed E-state index contributed by atoms with van der Waals surface area (Å²) in [5.74, 6) is -2.00. The number of hydrogen-bond acceptors (Lipinski definition) is 2. The second-order valence-corrected chi connectivity index (χ2v) is 7.82. The third-order valence-electron chi connectivity index (χ3n) is 5.98. The Labute approximate surface area is 167 Å². The van der Waals surface area contributed by atoms with E-state index >= 15 is 0 Å². The van der Waals surface area contributed by atoms with Gasteiger partial charge in [-0.25, -0.2) is 13.5 Å². The highest BCUT2D eigenvalue weighted by Crippen LogP contribution is 2.29. The minimum atomic E-state index is -0.920. The van der Waals surface area contributed by atoms with Crippen molar-refractivity contribution in [3.05, 3.63) is 82.2 Å². The monoisotopic (exact) mass is 393 g/mol. The summed E-state index contributed by atoms with van der Waals surface area (Å²) in [4.78, 5) is 13.0. The molecule has 1 amide bonds. The Morgan fingerprint density at radius 2 is 1.86 bits per heavy atom. The number of halogens is 2. The van der Waals surface area contributed by atoms with Gasteiger partial charge in [0.2, 0.25) is 0 Å². The zero-order chi connectivity index (χ0) is 20.0. The Kier molecular flexibility index (Phi) is 4.42. The second-order valence-electron chi connectivity index (χ2n) is 7.82. The van der Waals surface area contributed by atoms with Gasteiger partial charge >= 0.3 is 0 Å². The molecular formula is C23H21F2N3O. The molecule has 0 fully saturated rings. The summed E-state index contributed by atoms with van der Waals surface area (Å²) in [7, 11) is 0. The fraction of sp³-hybridized carbons (Fsp3) is 0.304. The number of fused-ring (bicyclic) bond motifs is 2. The Bertz CT molecular complexity index is 1110. The maximum Gasteiger partial charge on any atom is 0.272 e. The smallest absolute Gasteiger partial charge is 0.272 e. The van der Waals surface area contributed by atoms with Gasteiger partial charge in [-0.05, 0) is 61.8 Å². The van der Waals surface area contributed by atoms with Crippen molar-refractivity contribution < 1.29 is 13.6 Å². The van der Waals surface area contributed by atoms with Gasteiger partial charge < -0.3 is 5.32 Å². The highest BCUT2D eigenvalue weighted by molar-refractivity contribution is 5.94.